The summed E-state index contributed by atoms with van der Waals surface area (Å²) >= 11 is 0. The number of aryl methyl sites for hydroxylation is 3. The fraction of sp³-hybridized carbons (Fsp3) is 0.348. The van der Waals surface area contributed by atoms with Crippen molar-refractivity contribution >= 4 is 28.3 Å². The minimum absolute atomic E-state index is 0.202. The van der Waals surface area contributed by atoms with Crippen molar-refractivity contribution in [1.82, 2.24) is 15.3 Å². The minimum atomic E-state index is -4.43. The average molecular weight is 443 g/mol. The Morgan fingerprint density at radius 2 is 1.81 bits per heavy atom. The lowest BCUT2D eigenvalue weighted by Gasteiger charge is -2.20. The molecule has 3 aromatic rings. The predicted molar refractivity (Wildman–Crippen MR) is 118 cm³/mol. The molecule has 1 atom stereocenters. The van der Waals surface area contributed by atoms with E-state index in [9.17, 15) is 18.0 Å². The van der Waals surface area contributed by atoms with Gasteiger partial charge >= 0.3 is 12.2 Å². The molecule has 2 amide bonds. The largest absolute Gasteiger partial charge is 0.416 e. The highest BCUT2D eigenvalue weighted by molar-refractivity contribution is 6.02. The number of halogens is 3. The van der Waals surface area contributed by atoms with Crippen LogP contribution in [0, 0.1) is 20.8 Å². The minimum Gasteiger partial charge on any atom is -0.354 e. The summed E-state index contributed by atoms with van der Waals surface area (Å²) in [4.78, 5) is 23.1. The Balaban J connectivity index is 1.44. The molecule has 0 radical (unpaired) electrons. The number of urea groups is 1. The van der Waals surface area contributed by atoms with Crippen molar-refractivity contribution in [3.05, 3.63) is 59.0 Å². The Morgan fingerprint density at radius 3 is 2.56 bits per heavy atom. The van der Waals surface area contributed by atoms with Gasteiger partial charge in [-0.2, -0.15) is 13.2 Å². The first-order valence-electron chi connectivity index (χ1n) is 10.4. The van der Waals surface area contributed by atoms with Gasteiger partial charge in [-0.05, 0) is 51.5 Å². The molecule has 0 saturated carbocycles. The molecule has 0 spiro atoms. The Morgan fingerprint density at radius 1 is 1.06 bits per heavy atom. The number of aromatic nitrogens is 2. The quantitative estimate of drug-likeness (QED) is 0.599. The molecule has 168 valence electrons. The molecule has 0 aliphatic carbocycles. The summed E-state index contributed by atoms with van der Waals surface area (Å²) in [6, 6.07) is 9.11. The molecule has 1 saturated heterocycles. The molecular weight excluding hydrogens is 419 g/mol. The zero-order valence-corrected chi connectivity index (χ0v) is 18.0. The van der Waals surface area contributed by atoms with Crippen molar-refractivity contribution < 1.29 is 18.0 Å². The van der Waals surface area contributed by atoms with E-state index in [1.54, 1.807) is 11.8 Å². The SMILES string of the molecule is Cc1cc(C(F)(F)F)cc(N2CCC(NC(=O)Nc3cccc4c(C)nc(C)cc34)C2)n1. The highest BCUT2D eigenvalue weighted by Gasteiger charge is 2.33. The van der Waals surface area contributed by atoms with E-state index in [2.05, 4.69) is 20.6 Å². The van der Waals surface area contributed by atoms with Gasteiger partial charge < -0.3 is 15.5 Å². The fourth-order valence-electron chi connectivity index (χ4n) is 4.12. The average Bonchev–Trinajstić information content (AvgIpc) is 3.16. The molecule has 3 heterocycles. The van der Waals surface area contributed by atoms with E-state index >= 15 is 0 Å². The molecule has 0 bridgehead atoms. The molecular formula is C23H24F3N5O. The molecule has 1 unspecified atom stereocenters. The summed E-state index contributed by atoms with van der Waals surface area (Å²) in [5, 5.41) is 7.69. The van der Waals surface area contributed by atoms with E-state index in [4.69, 9.17) is 0 Å². The van der Waals surface area contributed by atoms with Gasteiger partial charge in [0, 0.05) is 47.0 Å². The van der Waals surface area contributed by atoms with Crippen molar-refractivity contribution in [2.45, 2.75) is 39.4 Å². The van der Waals surface area contributed by atoms with E-state index < -0.39 is 11.7 Å². The number of nitrogens with zero attached hydrogens (tertiary/aromatic N) is 3. The number of rotatable bonds is 3. The first kappa shape index (κ1) is 21.9. The van der Waals surface area contributed by atoms with Crippen LogP contribution in [0.25, 0.3) is 10.8 Å². The third kappa shape index (κ3) is 4.61. The highest BCUT2D eigenvalue weighted by atomic mass is 19.4. The highest BCUT2D eigenvalue weighted by Crippen LogP contribution is 2.32. The van der Waals surface area contributed by atoms with Crippen LogP contribution >= 0.6 is 0 Å². The van der Waals surface area contributed by atoms with Crippen LogP contribution in [0.15, 0.2) is 36.4 Å². The smallest absolute Gasteiger partial charge is 0.354 e. The maximum Gasteiger partial charge on any atom is 0.416 e. The number of hydrogen-bond acceptors (Lipinski definition) is 4. The summed E-state index contributed by atoms with van der Waals surface area (Å²) in [6.07, 6.45) is -3.81. The van der Waals surface area contributed by atoms with Gasteiger partial charge in [-0.15, -0.1) is 0 Å². The summed E-state index contributed by atoms with van der Waals surface area (Å²) in [5.41, 5.74) is 2.02. The van der Waals surface area contributed by atoms with Gasteiger partial charge in [-0.25, -0.2) is 9.78 Å². The number of benzene rings is 1. The summed E-state index contributed by atoms with van der Waals surface area (Å²) in [7, 11) is 0. The lowest BCUT2D eigenvalue weighted by molar-refractivity contribution is -0.137. The zero-order valence-electron chi connectivity index (χ0n) is 18.0. The molecule has 2 aromatic heterocycles. The third-order valence-corrected chi connectivity index (χ3v) is 5.56. The summed E-state index contributed by atoms with van der Waals surface area (Å²) in [6.45, 7) is 6.27. The van der Waals surface area contributed by atoms with Crippen LogP contribution in [-0.2, 0) is 6.18 Å². The standard InChI is InChI=1S/C23H24F3N5O/c1-13-9-16(23(24,25)26)11-21(28-13)31-8-7-17(12-31)29-22(32)30-20-6-4-5-18-15(3)27-14(2)10-19(18)20/h4-6,9-11,17H,7-8,12H2,1-3H3,(H2,29,30,32). The molecule has 9 heteroatoms. The summed E-state index contributed by atoms with van der Waals surface area (Å²) in [5.74, 6) is 0.273. The second-order valence-corrected chi connectivity index (χ2v) is 8.13. The molecule has 1 aromatic carbocycles. The molecule has 4 rings (SSSR count). The molecule has 1 aliphatic heterocycles. The molecule has 6 nitrogen and oxygen atoms in total. The number of fused-ring (bicyclic) bond motifs is 1. The lowest BCUT2D eigenvalue weighted by Crippen LogP contribution is -2.39. The van der Waals surface area contributed by atoms with Gasteiger partial charge in [0.25, 0.3) is 0 Å². The van der Waals surface area contributed by atoms with Gasteiger partial charge in [0.05, 0.1) is 11.3 Å². The normalized spacial score (nSPS) is 16.4. The number of carbonyl (C=O) groups excluding carboxylic acids is 1. The molecule has 2 N–H and O–H groups in total. The van der Waals surface area contributed by atoms with Crippen molar-refractivity contribution in [3.8, 4) is 0 Å². The van der Waals surface area contributed by atoms with E-state index in [1.165, 1.54) is 0 Å². The van der Waals surface area contributed by atoms with E-state index in [1.807, 2.05) is 38.1 Å². The number of anilines is 2. The predicted octanol–water partition coefficient (Wildman–Crippen LogP) is 4.97. The van der Waals surface area contributed by atoms with Crippen molar-refractivity contribution in [1.29, 1.82) is 0 Å². The van der Waals surface area contributed by atoms with Crippen molar-refractivity contribution in [3.63, 3.8) is 0 Å². The van der Waals surface area contributed by atoms with E-state index in [0.717, 1.165) is 34.3 Å². The fourth-order valence-corrected chi connectivity index (χ4v) is 4.12. The van der Waals surface area contributed by atoms with Crippen LogP contribution in [-0.4, -0.2) is 35.1 Å². The van der Waals surface area contributed by atoms with Gasteiger partial charge in [-0.3, -0.25) is 4.98 Å². The van der Waals surface area contributed by atoms with Crippen molar-refractivity contribution in [2.24, 2.45) is 0 Å². The Kier molecular flexibility index (Phi) is 5.66. The van der Waals surface area contributed by atoms with Crippen LogP contribution in [0.5, 0.6) is 0 Å². The second-order valence-electron chi connectivity index (χ2n) is 8.13. The Hall–Kier alpha value is -3.36. The number of pyridine rings is 2. The van der Waals surface area contributed by atoms with Crippen LogP contribution in [0.3, 0.4) is 0 Å². The van der Waals surface area contributed by atoms with Crippen LogP contribution in [0.4, 0.5) is 29.5 Å². The maximum absolute atomic E-state index is 13.1. The molecule has 32 heavy (non-hydrogen) atoms. The van der Waals surface area contributed by atoms with Crippen LogP contribution in [0.2, 0.25) is 0 Å². The van der Waals surface area contributed by atoms with Gasteiger partial charge in [-0.1, -0.05) is 12.1 Å². The van der Waals surface area contributed by atoms with Crippen molar-refractivity contribution in [2.75, 3.05) is 23.3 Å². The topological polar surface area (TPSA) is 70.2 Å². The monoisotopic (exact) mass is 443 g/mol. The van der Waals surface area contributed by atoms with Gasteiger partial charge in [0.15, 0.2) is 0 Å². The second kappa shape index (κ2) is 8.29. The lowest BCUT2D eigenvalue weighted by atomic mass is 10.1. The zero-order chi connectivity index (χ0) is 23.0. The number of nitrogens with one attached hydrogen (secondary N) is 2. The van der Waals surface area contributed by atoms with E-state index in [0.29, 0.717) is 30.9 Å². The summed E-state index contributed by atoms with van der Waals surface area (Å²) < 4.78 is 39.4. The number of carbonyl (C=O) groups is 1. The van der Waals surface area contributed by atoms with Crippen LogP contribution < -0.4 is 15.5 Å². The van der Waals surface area contributed by atoms with E-state index in [-0.39, 0.29) is 17.9 Å². The van der Waals surface area contributed by atoms with Crippen LogP contribution in [0.1, 0.15) is 29.1 Å². The first-order valence-corrected chi connectivity index (χ1v) is 10.4. The molecule has 1 aliphatic rings. The first-order chi connectivity index (χ1) is 15.1. The number of amides is 2. The maximum atomic E-state index is 13.1. The molecule has 1 fully saturated rings. The van der Waals surface area contributed by atoms with Gasteiger partial charge in [0.2, 0.25) is 0 Å². The Labute approximate surface area is 183 Å². The van der Waals surface area contributed by atoms with Gasteiger partial charge in [0.1, 0.15) is 5.82 Å². The third-order valence-electron chi connectivity index (χ3n) is 5.56. The number of hydrogen-bond donors (Lipinski definition) is 2. The Bertz CT molecular complexity index is 1180. The number of alkyl halides is 3.